The zero-order chi connectivity index (χ0) is 31.0. The molecule has 2 heterocycles. The Labute approximate surface area is 247 Å². The lowest BCUT2D eigenvalue weighted by atomic mass is 9.98. The van der Waals surface area contributed by atoms with Crippen molar-refractivity contribution in [2.45, 2.75) is 45.1 Å². The van der Waals surface area contributed by atoms with Crippen molar-refractivity contribution < 1.29 is 38.5 Å². The van der Waals surface area contributed by atoms with E-state index in [-0.39, 0.29) is 41.5 Å². The Morgan fingerprint density at radius 2 is 1.93 bits per heavy atom. The number of rotatable bonds is 13. The number of aromatic nitrogens is 1. The summed E-state index contributed by atoms with van der Waals surface area (Å²) in [5.41, 5.74) is -1.83. The van der Waals surface area contributed by atoms with Gasteiger partial charge in [-0.1, -0.05) is 5.16 Å². The minimum atomic E-state index is -1.72. The number of nitrogens with one attached hydrogen (secondary N) is 4. The molecule has 1 aliphatic rings. The van der Waals surface area contributed by atoms with Crippen molar-refractivity contribution in [3.8, 4) is 0 Å². The molecule has 0 aliphatic carbocycles. The number of halogens is 1. The number of alkyl halides is 1. The molecule has 1 saturated heterocycles. The maximum atomic E-state index is 13.2. The molecule has 3 rings (SSSR count). The summed E-state index contributed by atoms with van der Waals surface area (Å²) < 4.78 is 5.25. The van der Waals surface area contributed by atoms with Crippen LogP contribution in [-0.4, -0.2) is 75.3 Å². The average molecular weight is 624 g/mol. The van der Waals surface area contributed by atoms with Crippen molar-refractivity contribution in [3.63, 3.8) is 0 Å². The summed E-state index contributed by atoms with van der Waals surface area (Å²) in [6, 6.07) is 3.79. The van der Waals surface area contributed by atoms with Gasteiger partial charge in [0.2, 0.25) is 23.3 Å². The number of non-ortho nitro benzene ring substituents is 1. The highest BCUT2D eigenvalue weighted by molar-refractivity contribution is 7.14. The van der Waals surface area contributed by atoms with E-state index in [0.29, 0.717) is 5.56 Å². The van der Waals surface area contributed by atoms with Crippen LogP contribution in [0, 0.1) is 10.1 Å². The third kappa shape index (κ3) is 8.43. The highest BCUT2D eigenvalue weighted by Gasteiger charge is 2.41. The summed E-state index contributed by atoms with van der Waals surface area (Å²) in [6.07, 6.45) is 0. The molecule has 1 aromatic carbocycles. The zero-order valence-electron chi connectivity index (χ0n) is 22.5. The summed E-state index contributed by atoms with van der Waals surface area (Å²) in [5, 5.41) is 26.2. The number of thiazole rings is 1. The van der Waals surface area contributed by atoms with Gasteiger partial charge in [-0.15, -0.1) is 22.9 Å². The molecule has 16 nitrogen and oxygen atoms in total. The largest absolute Gasteiger partial charge is 0.458 e. The SMILES string of the molecule is CC(=O)NC[C@@H]1NC(=O)[C@@H]1NC(=O)/C(=N\OC(C)(C)C(=O)OCc1ccc([N+](=O)[O-])cc1)c1csc(NC(=O)CCl)n1. The van der Waals surface area contributed by atoms with Gasteiger partial charge >= 0.3 is 5.97 Å². The third-order valence-electron chi connectivity index (χ3n) is 5.57. The normalized spacial score (nSPS) is 16.4. The van der Waals surface area contributed by atoms with Gasteiger partial charge in [0.15, 0.2) is 10.8 Å². The van der Waals surface area contributed by atoms with Gasteiger partial charge in [0.05, 0.1) is 11.0 Å². The second-order valence-corrected chi connectivity index (χ2v) is 10.4. The number of hydrogen-bond donors (Lipinski definition) is 4. The third-order valence-corrected chi connectivity index (χ3v) is 6.57. The van der Waals surface area contributed by atoms with Crippen molar-refractivity contribution >= 4 is 69.1 Å². The Hall–Kier alpha value is -4.64. The molecule has 1 aromatic heterocycles. The van der Waals surface area contributed by atoms with Crippen LogP contribution in [-0.2, 0) is 40.2 Å². The van der Waals surface area contributed by atoms with E-state index < -0.39 is 52.0 Å². The van der Waals surface area contributed by atoms with Crippen molar-refractivity contribution in [2.24, 2.45) is 5.16 Å². The molecule has 18 heteroatoms. The van der Waals surface area contributed by atoms with Gasteiger partial charge in [0.25, 0.3) is 11.6 Å². The first kappa shape index (κ1) is 31.9. The second kappa shape index (κ2) is 13.8. The Kier molecular flexibility index (Phi) is 10.5. The first-order valence-electron chi connectivity index (χ1n) is 12.1. The highest BCUT2D eigenvalue weighted by atomic mass is 35.5. The number of carbonyl (C=O) groups is 5. The lowest BCUT2D eigenvalue weighted by Gasteiger charge is -2.37. The van der Waals surface area contributed by atoms with Crippen LogP contribution in [0.25, 0.3) is 0 Å². The number of β-lactam (4-membered cyclic amide) rings is 1. The van der Waals surface area contributed by atoms with Crippen LogP contribution in [0.4, 0.5) is 10.8 Å². The first-order chi connectivity index (χ1) is 19.8. The van der Waals surface area contributed by atoms with Crippen molar-refractivity contribution in [1.82, 2.24) is 20.9 Å². The minimum Gasteiger partial charge on any atom is -0.458 e. The quantitative estimate of drug-likeness (QED) is 0.0607. The topological polar surface area (TPSA) is 220 Å². The lowest BCUT2D eigenvalue weighted by molar-refractivity contribution is -0.384. The Bertz CT molecular complexity index is 1410. The Morgan fingerprint density at radius 3 is 2.52 bits per heavy atom. The molecule has 224 valence electrons. The van der Waals surface area contributed by atoms with Crippen LogP contribution < -0.4 is 21.3 Å². The molecule has 0 saturated carbocycles. The Balaban J connectivity index is 1.76. The predicted octanol–water partition coefficient (Wildman–Crippen LogP) is 0.591. The van der Waals surface area contributed by atoms with Gasteiger partial charge in [-0.2, -0.15) is 0 Å². The van der Waals surface area contributed by atoms with Gasteiger partial charge in [0.1, 0.15) is 24.2 Å². The number of anilines is 1. The molecule has 4 amide bonds. The maximum absolute atomic E-state index is 13.2. The van der Waals surface area contributed by atoms with E-state index in [0.717, 1.165) is 11.3 Å². The molecule has 0 bridgehead atoms. The summed E-state index contributed by atoms with van der Waals surface area (Å²) >= 11 is 6.47. The van der Waals surface area contributed by atoms with E-state index in [1.165, 1.54) is 50.4 Å². The fourth-order valence-corrected chi connectivity index (χ4v) is 4.05. The second-order valence-electron chi connectivity index (χ2n) is 9.26. The number of ether oxygens (including phenoxy) is 1. The van der Waals surface area contributed by atoms with E-state index in [4.69, 9.17) is 21.2 Å². The molecule has 1 fully saturated rings. The van der Waals surface area contributed by atoms with Crippen LogP contribution in [0.2, 0.25) is 0 Å². The van der Waals surface area contributed by atoms with Crippen LogP contribution in [0.5, 0.6) is 0 Å². The molecular formula is C24H26ClN7O9S. The summed E-state index contributed by atoms with van der Waals surface area (Å²) in [5.74, 6) is -3.46. The molecule has 0 radical (unpaired) electrons. The fourth-order valence-electron chi connectivity index (χ4n) is 3.27. The van der Waals surface area contributed by atoms with E-state index in [1.807, 2.05) is 0 Å². The van der Waals surface area contributed by atoms with Gasteiger partial charge in [-0.25, -0.2) is 9.78 Å². The smallest absolute Gasteiger partial charge is 0.353 e. The van der Waals surface area contributed by atoms with Crippen molar-refractivity contribution in [1.29, 1.82) is 0 Å². The number of amides is 4. The average Bonchev–Trinajstić information content (AvgIpc) is 3.40. The van der Waals surface area contributed by atoms with Crippen molar-refractivity contribution in [3.05, 3.63) is 51.0 Å². The molecule has 0 spiro atoms. The monoisotopic (exact) mass is 623 g/mol. The fraction of sp³-hybridized carbons (Fsp3) is 0.375. The minimum absolute atomic E-state index is 0.0458. The number of hydrogen-bond acceptors (Lipinski definition) is 12. The van der Waals surface area contributed by atoms with Gasteiger partial charge in [0, 0.05) is 31.0 Å². The number of benzene rings is 1. The van der Waals surface area contributed by atoms with Crippen LogP contribution >= 0.6 is 22.9 Å². The molecule has 1 aliphatic heterocycles. The van der Waals surface area contributed by atoms with E-state index in [2.05, 4.69) is 31.4 Å². The predicted molar refractivity (Wildman–Crippen MR) is 149 cm³/mol. The zero-order valence-corrected chi connectivity index (χ0v) is 24.0. The van der Waals surface area contributed by atoms with Gasteiger partial charge in [-0.05, 0) is 31.5 Å². The molecule has 2 atom stereocenters. The van der Waals surface area contributed by atoms with Gasteiger partial charge in [-0.3, -0.25) is 29.3 Å². The number of oxime groups is 1. The summed E-state index contributed by atoms with van der Waals surface area (Å²) in [4.78, 5) is 80.8. The van der Waals surface area contributed by atoms with Gasteiger partial charge < -0.3 is 30.8 Å². The van der Waals surface area contributed by atoms with Crippen LogP contribution in [0.1, 0.15) is 32.0 Å². The molecular weight excluding hydrogens is 598 g/mol. The molecule has 2 aromatic rings. The maximum Gasteiger partial charge on any atom is 0.353 e. The summed E-state index contributed by atoms with van der Waals surface area (Å²) in [7, 11) is 0. The number of esters is 1. The first-order valence-corrected chi connectivity index (χ1v) is 13.6. The van der Waals surface area contributed by atoms with E-state index in [9.17, 15) is 34.1 Å². The lowest BCUT2D eigenvalue weighted by Crippen LogP contribution is -2.72. The number of nitro groups is 1. The standard InChI is InChI=1S/C24H26ClN7O9S/c1-12(33)26-9-15-18(20(35)27-15)30-21(36)19(16-11-42-23(28-16)29-17(34)8-25)31-41-24(2,3)22(37)40-10-13-4-6-14(7-5-13)32(38)39/h4-7,11,15,18H,8-10H2,1-3H3,(H,26,33)(H,27,35)(H,30,36)(H,28,29,34)/b31-19-/t15-,18+/m0/s1. The van der Waals surface area contributed by atoms with E-state index >= 15 is 0 Å². The summed E-state index contributed by atoms with van der Waals surface area (Å²) in [6.45, 7) is 3.81. The van der Waals surface area contributed by atoms with Crippen molar-refractivity contribution in [2.75, 3.05) is 17.7 Å². The number of nitrogens with zero attached hydrogens (tertiary/aromatic N) is 3. The molecule has 4 N–H and O–H groups in total. The van der Waals surface area contributed by atoms with Crippen LogP contribution in [0.3, 0.4) is 0 Å². The molecule has 0 unspecified atom stereocenters. The number of carbonyl (C=O) groups excluding carboxylic acids is 5. The van der Waals surface area contributed by atoms with E-state index in [1.54, 1.807) is 0 Å². The Morgan fingerprint density at radius 1 is 1.24 bits per heavy atom. The molecule has 42 heavy (non-hydrogen) atoms. The van der Waals surface area contributed by atoms with Crippen LogP contribution in [0.15, 0.2) is 34.8 Å². The highest BCUT2D eigenvalue weighted by Crippen LogP contribution is 2.20. The number of nitro benzene ring substituents is 1.